The molecule has 1 heterocycles. The molecule has 4 rings (SSSR count). The average molecular weight is 549 g/mol. The number of aromatic nitrogens is 2. The zero-order valence-corrected chi connectivity index (χ0v) is 20.8. The van der Waals surface area contributed by atoms with Crippen LogP contribution in [0.15, 0.2) is 44.7 Å². The quantitative estimate of drug-likeness (QED) is 0.406. The maximum Gasteiger partial charge on any atom is 0.341 e. The van der Waals surface area contributed by atoms with Crippen LogP contribution in [0.3, 0.4) is 0 Å². The Bertz CT molecular complexity index is 1320. The van der Waals surface area contributed by atoms with Gasteiger partial charge in [0.05, 0.1) is 24.2 Å². The van der Waals surface area contributed by atoms with Crippen LogP contribution >= 0.6 is 27.5 Å². The molecule has 0 saturated heterocycles. The zero-order chi connectivity index (χ0) is 24.2. The molecule has 34 heavy (non-hydrogen) atoms. The van der Waals surface area contributed by atoms with E-state index in [1.807, 2.05) is 12.1 Å². The maximum absolute atomic E-state index is 13.4. The van der Waals surface area contributed by atoms with Crippen molar-refractivity contribution in [2.45, 2.75) is 38.0 Å². The molecular formula is C24H23BrClN3O5. The van der Waals surface area contributed by atoms with Crippen molar-refractivity contribution in [1.82, 2.24) is 9.66 Å². The summed E-state index contributed by atoms with van der Waals surface area (Å²) in [4.78, 5) is 29.1. The van der Waals surface area contributed by atoms with Crippen LogP contribution < -0.4 is 15.0 Å². The number of halogens is 2. The van der Waals surface area contributed by atoms with Gasteiger partial charge in [0.15, 0.2) is 18.1 Å². The van der Waals surface area contributed by atoms with Gasteiger partial charge in [-0.1, -0.05) is 43.0 Å². The van der Waals surface area contributed by atoms with E-state index in [2.05, 4.69) is 21.0 Å². The zero-order valence-electron chi connectivity index (χ0n) is 18.5. The van der Waals surface area contributed by atoms with Crippen molar-refractivity contribution in [1.29, 1.82) is 0 Å². The molecule has 8 nitrogen and oxygen atoms in total. The molecule has 2 aromatic carbocycles. The molecular weight excluding hydrogens is 526 g/mol. The Morgan fingerprint density at radius 1 is 1.32 bits per heavy atom. The summed E-state index contributed by atoms with van der Waals surface area (Å²) in [5.41, 5.74) is 0.947. The van der Waals surface area contributed by atoms with Crippen molar-refractivity contribution < 1.29 is 19.4 Å². The van der Waals surface area contributed by atoms with Gasteiger partial charge < -0.3 is 14.6 Å². The number of fused-ring (bicyclic) bond motifs is 1. The van der Waals surface area contributed by atoms with Gasteiger partial charge in [0.25, 0.3) is 5.56 Å². The highest BCUT2D eigenvalue weighted by atomic mass is 79.9. The first-order valence-electron chi connectivity index (χ1n) is 10.9. The van der Waals surface area contributed by atoms with Gasteiger partial charge in [-0.15, -0.1) is 0 Å². The summed E-state index contributed by atoms with van der Waals surface area (Å²) in [6.45, 7) is -0.571. The van der Waals surface area contributed by atoms with E-state index in [4.69, 9.17) is 31.2 Å². The second-order valence-corrected chi connectivity index (χ2v) is 9.16. The minimum atomic E-state index is -1.14. The fourth-order valence-corrected chi connectivity index (χ4v) is 4.77. The minimum absolute atomic E-state index is 0.100. The summed E-state index contributed by atoms with van der Waals surface area (Å²) in [6, 6.07) is 8.86. The Morgan fingerprint density at radius 2 is 2.06 bits per heavy atom. The molecule has 0 amide bonds. The molecule has 0 unspecified atom stereocenters. The van der Waals surface area contributed by atoms with E-state index in [0.717, 1.165) is 25.7 Å². The number of rotatable bonds is 7. The van der Waals surface area contributed by atoms with Crippen molar-refractivity contribution in [3.05, 3.63) is 61.6 Å². The average Bonchev–Trinajstić information content (AvgIpc) is 2.85. The van der Waals surface area contributed by atoms with E-state index in [1.165, 1.54) is 24.4 Å². The van der Waals surface area contributed by atoms with Gasteiger partial charge >= 0.3 is 5.97 Å². The Balaban J connectivity index is 1.80. The summed E-state index contributed by atoms with van der Waals surface area (Å²) in [5.74, 6) is 0.000488. The second kappa shape index (κ2) is 10.6. The van der Waals surface area contributed by atoms with Gasteiger partial charge in [-0.2, -0.15) is 9.78 Å². The van der Waals surface area contributed by atoms with Crippen LogP contribution in [0.5, 0.6) is 11.5 Å². The van der Waals surface area contributed by atoms with E-state index in [0.29, 0.717) is 26.8 Å². The van der Waals surface area contributed by atoms with Crippen molar-refractivity contribution in [3.8, 4) is 11.5 Å². The van der Waals surface area contributed by atoms with Crippen LogP contribution in [0.4, 0.5) is 0 Å². The van der Waals surface area contributed by atoms with Crippen LogP contribution in [-0.2, 0) is 4.79 Å². The number of benzene rings is 2. The van der Waals surface area contributed by atoms with Crippen molar-refractivity contribution in [2.75, 3.05) is 13.7 Å². The standard InChI is InChI=1S/C24H23BrClN3O5/c1-33-18-11-15(20(25)21(26)22(18)34-13-19(30)31)12-27-29-23(14-7-3-2-4-8-14)28-17-10-6-5-9-16(17)24(29)32/h5-6,9-12,14H,2-4,7-8,13H2,1H3,(H,30,31). The van der Waals surface area contributed by atoms with Crippen LogP contribution in [0.25, 0.3) is 10.9 Å². The second-order valence-electron chi connectivity index (χ2n) is 7.99. The fraction of sp³-hybridized carbons (Fsp3) is 0.333. The summed E-state index contributed by atoms with van der Waals surface area (Å²) in [7, 11) is 1.42. The molecule has 1 aromatic heterocycles. The summed E-state index contributed by atoms with van der Waals surface area (Å²) in [6.07, 6.45) is 6.78. The van der Waals surface area contributed by atoms with Gasteiger partial charge in [0, 0.05) is 16.0 Å². The van der Waals surface area contributed by atoms with Crippen molar-refractivity contribution in [2.24, 2.45) is 5.10 Å². The molecule has 1 aliphatic rings. The lowest BCUT2D eigenvalue weighted by Gasteiger charge is -2.22. The lowest BCUT2D eigenvalue weighted by Crippen LogP contribution is -2.25. The number of nitrogens with zero attached hydrogens (tertiary/aromatic N) is 3. The number of aliphatic carboxylic acids is 1. The smallest absolute Gasteiger partial charge is 0.341 e. The Morgan fingerprint density at radius 3 is 2.76 bits per heavy atom. The van der Waals surface area contributed by atoms with Gasteiger partial charge in [-0.3, -0.25) is 4.79 Å². The lowest BCUT2D eigenvalue weighted by molar-refractivity contribution is -0.139. The molecule has 1 fully saturated rings. The molecule has 1 saturated carbocycles. The number of hydrogen-bond donors (Lipinski definition) is 1. The molecule has 3 aromatic rings. The van der Waals surface area contributed by atoms with E-state index >= 15 is 0 Å². The number of hydrogen-bond acceptors (Lipinski definition) is 6. The van der Waals surface area contributed by atoms with Crippen molar-refractivity contribution in [3.63, 3.8) is 0 Å². The Hall–Kier alpha value is -2.91. The summed E-state index contributed by atoms with van der Waals surface area (Å²) >= 11 is 9.84. The Kier molecular flexibility index (Phi) is 7.53. The molecule has 10 heteroatoms. The maximum atomic E-state index is 13.4. The largest absolute Gasteiger partial charge is 0.493 e. The van der Waals surface area contributed by atoms with Crippen LogP contribution in [-0.4, -0.2) is 40.7 Å². The number of carboxylic acids is 1. The van der Waals surface area contributed by atoms with Gasteiger partial charge in [0.1, 0.15) is 10.8 Å². The first-order chi connectivity index (χ1) is 16.4. The van der Waals surface area contributed by atoms with E-state index < -0.39 is 12.6 Å². The van der Waals surface area contributed by atoms with Crippen LogP contribution in [0, 0.1) is 0 Å². The minimum Gasteiger partial charge on any atom is -0.493 e. The van der Waals surface area contributed by atoms with E-state index in [-0.39, 0.29) is 28.0 Å². The molecule has 0 radical (unpaired) electrons. The highest BCUT2D eigenvalue weighted by molar-refractivity contribution is 9.10. The van der Waals surface area contributed by atoms with Gasteiger partial charge in [0.2, 0.25) is 0 Å². The van der Waals surface area contributed by atoms with Gasteiger partial charge in [-0.05, 0) is 47.0 Å². The SMILES string of the molecule is COc1cc(C=Nn2c(C3CCCCC3)nc3ccccc3c2=O)c(Br)c(Cl)c1OCC(=O)O. The van der Waals surface area contributed by atoms with Crippen molar-refractivity contribution >= 4 is 50.6 Å². The topological polar surface area (TPSA) is 103 Å². The Labute approximate surface area is 209 Å². The summed E-state index contributed by atoms with van der Waals surface area (Å²) < 4.78 is 12.4. The third-order valence-electron chi connectivity index (χ3n) is 5.78. The monoisotopic (exact) mass is 547 g/mol. The third kappa shape index (κ3) is 4.95. The fourth-order valence-electron chi connectivity index (χ4n) is 4.12. The molecule has 0 bridgehead atoms. The van der Waals surface area contributed by atoms with E-state index in [9.17, 15) is 9.59 Å². The molecule has 1 aliphatic carbocycles. The molecule has 0 atom stereocenters. The third-order valence-corrected chi connectivity index (χ3v) is 7.22. The molecule has 0 spiro atoms. The molecule has 178 valence electrons. The first kappa shape index (κ1) is 24.2. The molecule has 1 N–H and O–H groups in total. The highest BCUT2D eigenvalue weighted by Crippen LogP contribution is 2.42. The lowest BCUT2D eigenvalue weighted by atomic mass is 9.88. The predicted octanol–water partition coefficient (Wildman–Crippen LogP) is 5.21. The van der Waals surface area contributed by atoms with Crippen LogP contribution in [0.1, 0.15) is 49.4 Å². The number of para-hydroxylation sites is 1. The number of carboxylic acid groups (broad SMARTS) is 1. The summed E-state index contributed by atoms with van der Waals surface area (Å²) in [5, 5.41) is 14.1. The molecule has 0 aliphatic heterocycles. The van der Waals surface area contributed by atoms with Crippen LogP contribution in [0.2, 0.25) is 5.02 Å². The number of methoxy groups -OCH3 is 1. The highest BCUT2D eigenvalue weighted by Gasteiger charge is 2.23. The van der Waals surface area contributed by atoms with Gasteiger partial charge in [-0.25, -0.2) is 9.78 Å². The number of ether oxygens (including phenoxy) is 2. The first-order valence-corrected chi connectivity index (χ1v) is 12.0. The van der Waals surface area contributed by atoms with E-state index in [1.54, 1.807) is 18.2 Å². The number of carbonyl (C=O) groups is 1. The predicted molar refractivity (Wildman–Crippen MR) is 134 cm³/mol. The normalized spacial score (nSPS) is 14.6.